The number of aromatic amines is 1. The molecular formula is C20H27N3O3. The van der Waals surface area contributed by atoms with Crippen LogP contribution in [0.25, 0.3) is 0 Å². The Balaban J connectivity index is 1.74. The van der Waals surface area contributed by atoms with Gasteiger partial charge in [-0.2, -0.15) is 0 Å². The Hall–Kier alpha value is -2.34. The Morgan fingerprint density at radius 1 is 1.27 bits per heavy atom. The van der Waals surface area contributed by atoms with Gasteiger partial charge in [0.05, 0.1) is 12.3 Å². The smallest absolute Gasteiger partial charge is 0.268 e. The number of nitrogens with one attached hydrogen (secondary N) is 2. The summed E-state index contributed by atoms with van der Waals surface area (Å²) >= 11 is 0. The molecule has 0 saturated carbocycles. The maximum Gasteiger partial charge on any atom is 0.268 e. The summed E-state index contributed by atoms with van der Waals surface area (Å²) < 4.78 is 5.62. The summed E-state index contributed by atoms with van der Waals surface area (Å²) in [5.74, 6) is 0.653. The van der Waals surface area contributed by atoms with E-state index in [1.54, 1.807) is 6.26 Å². The fraction of sp³-hybridized carbons (Fsp3) is 0.500. The Morgan fingerprint density at radius 2 is 2.00 bits per heavy atom. The van der Waals surface area contributed by atoms with Gasteiger partial charge >= 0.3 is 0 Å². The van der Waals surface area contributed by atoms with Crippen molar-refractivity contribution >= 4 is 11.7 Å². The number of furan rings is 1. The molecule has 6 heteroatoms. The standard InChI is InChI=1S/C20H27N3O3/c1-13-18(15(3)24)14(2)22-19(13)20(25)21-12-16(17-8-7-11-26-17)23-9-5-4-6-10-23/h7-8,11,16,22H,4-6,9-10,12H2,1-3H3,(H,21,25). The lowest BCUT2D eigenvalue weighted by Crippen LogP contribution is -2.40. The van der Waals surface area contributed by atoms with Crippen molar-refractivity contribution in [3.05, 3.63) is 46.7 Å². The third-order valence-electron chi connectivity index (χ3n) is 5.18. The Bertz CT molecular complexity index is 771. The number of amides is 1. The van der Waals surface area contributed by atoms with E-state index in [1.165, 1.54) is 26.2 Å². The van der Waals surface area contributed by atoms with E-state index in [0.29, 0.717) is 23.4 Å². The van der Waals surface area contributed by atoms with Gasteiger partial charge in [-0.05, 0) is 64.4 Å². The Morgan fingerprint density at radius 3 is 2.58 bits per heavy atom. The number of Topliss-reactive ketones (excluding diaryl/α,β-unsaturated/α-hetero) is 1. The van der Waals surface area contributed by atoms with E-state index in [-0.39, 0.29) is 17.7 Å². The number of hydrogen-bond donors (Lipinski definition) is 2. The lowest BCUT2D eigenvalue weighted by atomic mass is 10.1. The molecule has 1 atom stereocenters. The molecule has 1 saturated heterocycles. The minimum Gasteiger partial charge on any atom is -0.468 e. The maximum atomic E-state index is 12.7. The van der Waals surface area contributed by atoms with E-state index in [2.05, 4.69) is 15.2 Å². The van der Waals surface area contributed by atoms with Gasteiger partial charge in [-0.1, -0.05) is 6.42 Å². The van der Waals surface area contributed by atoms with E-state index in [0.717, 1.165) is 24.5 Å². The molecule has 1 unspecified atom stereocenters. The highest BCUT2D eigenvalue weighted by Crippen LogP contribution is 2.25. The molecule has 0 aromatic carbocycles. The van der Waals surface area contributed by atoms with Crippen molar-refractivity contribution in [2.24, 2.45) is 0 Å². The first-order valence-corrected chi connectivity index (χ1v) is 9.24. The molecule has 140 valence electrons. The zero-order chi connectivity index (χ0) is 18.7. The predicted molar refractivity (Wildman–Crippen MR) is 99.5 cm³/mol. The van der Waals surface area contributed by atoms with Gasteiger partial charge in [-0.15, -0.1) is 0 Å². The molecule has 2 aromatic heterocycles. The first-order valence-electron chi connectivity index (χ1n) is 9.24. The van der Waals surface area contributed by atoms with Gasteiger partial charge in [0.1, 0.15) is 11.5 Å². The number of aromatic nitrogens is 1. The quantitative estimate of drug-likeness (QED) is 0.777. The second-order valence-electron chi connectivity index (χ2n) is 7.02. The number of hydrogen-bond acceptors (Lipinski definition) is 4. The summed E-state index contributed by atoms with van der Waals surface area (Å²) in [7, 11) is 0. The molecule has 1 aliphatic heterocycles. The number of ketones is 1. The molecule has 0 spiro atoms. The molecule has 2 N–H and O–H groups in total. The van der Waals surface area contributed by atoms with Crippen LogP contribution in [0.3, 0.4) is 0 Å². The minimum atomic E-state index is -0.188. The zero-order valence-corrected chi connectivity index (χ0v) is 15.7. The zero-order valence-electron chi connectivity index (χ0n) is 15.7. The van der Waals surface area contributed by atoms with Gasteiger partial charge in [0.2, 0.25) is 0 Å². The van der Waals surface area contributed by atoms with Crippen LogP contribution in [0.5, 0.6) is 0 Å². The predicted octanol–water partition coefficient (Wildman–Crippen LogP) is 3.38. The number of carbonyl (C=O) groups is 2. The van der Waals surface area contributed by atoms with E-state index in [4.69, 9.17) is 4.42 Å². The minimum absolute atomic E-state index is 0.0258. The van der Waals surface area contributed by atoms with Crippen LogP contribution < -0.4 is 5.32 Å². The van der Waals surface area contributed by atoms with Gasteiger partial charge in [-0.25, -0.2) is 0 Å². The van der Waals surface area contributed by atoms with Crippen LogP contribution in [-0.4, -0.2) is 41.2 Å². The fourth-order valence-corrected chi connectivity index (χ4v) is 3.90. The molecular weight excluding hydrogens is 330 g/mol. The van der Waals surface area contributed by atoms with Gasteiger partial charge in [0.25, 0.3) is 5.91 Å². The molecule has 3 rings (SSSR count). The molecule has 1 fully saturated rings. The van der Waals surface area contributed by atoms with Crippen LogP contribution in [0, 0.1) is 13.8 Å². The van der Waals surface area contributed by atoms with Crippen LogP contribution >= 0.6 is 0 Å². The molecule has 0 bridgehead atoms. The number of carbonyl (C=O) groups excluding carboxylic acids is 2. The number of H-pyrrole nitrogens is 1. The summed E-state index contributed by atoms with van der Waals surface area (Å²) in [6.07, 6.45) is 5.26. The largest absolute Gasteiger partial charge is 0.468 e. The van der Waals surface area contributed by atoms with Crippen molar-refractivity contribution in [2.75, 3.05) is 19.6 Å². The second-order valence-corrected chi connectivity index (χ2v) is 7.02. The molecule has 2 aromatic rings. The highest BCUT2D eigenvalue weighted by Gasteiger charge is 2.26. The van der Waals surface area contributed by atoms with Crippen molar-refractivity contribution in [2.45, 2.75) is 46.1 Å². The van der Waals surface area contributed by atoms with Crippen LogP contribution in [-0.2, 0) is 0 Å². The summed E-state index contributed by atoms with van der Waals surface area (Å²) in [5, 5.41) is 3.02. The maximum absolute atomic E-state index is 12.7. The SMILES string of the molecule is CC(=O)c1c(C)[nH]c(C(=O)NCC(c2ccco2)N2CCCCC2)c1C. The number of rotatable bonds is 6. The van der Waals surface area contributed by atoms with Crippen molar-refractivity contribution in [3.63, 3.8) is 0 Å². The van der Waals surface area contributed by atoms with E-state index in [9.17, 15) is 9.59 Å². The Labute approximate surface area is 153 Å². The highest BCUT2D eigenvalue weighted by molar-refractivity contribution is 6.02. The van der Waals surface area contributed by atoms with Crippen molar-refractivity contribution in [1.82, 2.24) is 15.2 Å². The Kier molecular flexibility index (Phi) is 5.61. The summed E-state index contributed by atoms with van der Waals surface area (Å²) in [6, 6.07) is 3.87. The first-order chi connectivity index (χ1) is 12.5. The average Bonchev–Trinajstić information content (AvgIpc) is 3.24. The second kappa shape index (κ2) is 7.91. The lowest BCUT2D eigenvalue weighted by molar-refractivity contribution is 0.0909. The molecule has 6 nitrogen and oxygen atoms in total. The van der Waals surface area contributed by atoms with Crippen molar-refractivity contribution < 1.29 is 14.0 Å². The average molecular weight is 357 g/mol. The van der Waals surface area contributed by atoms with E-state index < -0.39 is 0 Å². The molecule has 26 heavy (non-hydrogen) atoms. The summed E-state index contributed by atoms with van der Waals surface area (Å²) in [5.41, 5.74) is 2.51. The van der Waals surface area contributed by atoms with Gasteiger partial charge < -0.3 is 14.7 Å². The van der Waals surface area contributed by atoms with Crippen LogP contribution in [0.4, 0.5) is 0 Å². The van der Waals surface area contributed by atoms with Crippen LogP contribution in [0.2, 0.25) is 0 Å². The lowest BCUT2D eigenvalue weighted by Gasteiger charge is -2.33. The molecule has 3 heterocycles. The third kappa shape index (κ3) is 3.75. The van der Waals surface area contributed by atoms with Crippen LogP contribution in [0.1, 0.15) is 70.1 Å². The number of nitrogens with zero attached hydrogens (tertiary/aromatic N) is 1. The van der Waals surface area contributed by atoms with E-state index >= 15 is 0 Å². The highest BCUT2D eigenvalue weighted by atomic mass is 16.3. The monoisotopic (exact) mass is 357 g/mol. The number of likely N-dealkylation sites (tertiary alicyclic amines) is 1. The molecule has 0 radical (unpaired) electrons. The van der Waals surface area contributed by atoms with Gasteiger partial charge in [-0.3, -0.25) is 14.5 Å². The number of piperidine rings is 1. The molecule has 1 aliphatic rings. The van der Waals surface area contributed by atoms with Crippen LogP contribution in [0.15, 0.2) is 22.8 Å². The number of aryl methyl sites for hydroxylation is 1. The summed E-state index contributed by atoms with van der Waals surface area (Å²) in [6.45, 7) is 7.64. The fourth-order valence-electron chi connectivity index (χ4n) is 3.90. The third-order valence-corrected chi connectivity index (χ3v) is 5.18. The first kappa shape index (κ1) is 18.5. The molecule has 1 amide bonds. The molecule has 0 aliphatic carbocycles. The summed E-state index contributed by atoms with van der Waals surface area (Å²) in [4.78, 5) is 29.9. The topological polar surface area (TPSA) is 78.3 Å². The van der Waals surface area contributed by atoms with Gasteiger partial charge in [0.15, 0.2) is 5.78 Å². The van der Waals surface area contributed by atoms with E-state index in [1.807, 2.05) is 26.0 Å². The van der Waals surface area contributed by atoms with Gasteiger partial charge in [0, 0.05) is 17.8 Å². The normalized spacial score (nSPS) is 16.4. The van der Waals surface area contributed by atoms with Crippen molar-refractivity contribution in [1.29, 1.82) is 0 Å². The van der Waals surface area contributed by atoms with Crippen molar-refractivity contribution in [3.8, 4) is 0 Å².